The summed E-state index contributed by atoms with van der Waals surface area (Å²) in [6, 6.07) is 0.0346. The molecule has 1 saturated carbocycles. The van der Waals surface area contributed by atoms with Crippen molar-refractivity contribution >= 4 is 9.84 Å². The zero-order valence-corrected chi connectivity index (χ0v) is 13.4. The van der Waals surface area contributed by atoms with Gasteiger partial charge in [-0.2, -0.15) is 0 Å². The topological polar surface area (TPSA) is 81.4 Å². The monoisotopic (exact) mass is 304 g/mol. The minimum absolute atomic E-state index is 0.0346. The van der Waals surface area contributed by atoms with Gasteiger partial charge in [-0.15, -0.1) is 0 Å². The van der Waals surface area contributed by atoms with Gasteiger partial charge in [-0.25, -0.2) is 8.42 Å². The van der Waals surface area contributed by atoms with Crippen LogP contribution < -0.4 is 11.3 Å². The highest BCUT2D eigenvalue weighted by atomic mass is 32.2. The highest BCUT2D eigenvalue weighted by Crippen LogP contribution is 2.38. The number of hydrogen-bond donors (Lipinski definition) is 2. The molecule has 0 spiro atoms. The summed E-state index contributed by atoms with van der Waals surface area (Å²) in [5, 5.41) is -0.218. The lowest BCUT2D eigenvalue weighted by atomic mass is 9.75. The molecule has 0 amide bonds. The molecule has 0 aromatic carbocycles. The van der Waals surface area contributed by atoms with Gasteiger partial charge in [-0.1, -0.05) is 6.42 Å². The maximum Gasteiger partial charge on any atom is 0.150 e. The molecule has 0 bridgehead atoms. The smallest absolute Gasteiger partial charge is 0.150 e. The van der Waals surface area contributed by atoms with Crippen molar-refractivity contribution in [3.05, 3.63) is 0 Å². The minimum Gasteiger partial charge on any atom is -0.374 e. The molecule has 1 saturated heterocycles. The highest BCUT2D eigenvalue weighted by Gasteiger charge is 2.43. The highest BCUT2D eigenvalue weighted by molar-refractivity contribution is 7.91. The van der Waals surface area contributed by atoms with Gasteiger partial charge in [0.15, 0.2) is 0 Å². The second-order valence-corrected chi connectivity index (χ2v) is 8.97. The standard InChI is InChI=1S/C14H28N2O3S/c1-14(8-3-4-9-19-14)13(16-15)11-6-5-7-12(10-11)20(2,17)18/h11-13,16H,3-10,15H2,1-2H3. The second-order valence-electron chi connectivity index (χ2n) is 6.64. The molecule has 4 unspecified atom stereocenters. The summed E-state index contributed by atoms with van der Waals surface area (Å²) in [7, 11) is -2.96. The third-order valence-corrected chi connectivity index (χ3v) is 6.72. The van der Waals surface area contributed by atoms with Crippen LogP contribution in [0.4, 0.5) is 0 Å². The van der Waals surface area contributed by atoms with Crippen molar-refractivity contribution in [3.63, 3.8) is 0 Å². The molecule has 2 aliphatic rings. The molecule has 118 valence electrons. The molecular formula is C14H28N2O3S. The first-order chi connectivity index (χ1) is 9.37. The van der Waals surface area contributed by atoms with Crippen molar-refractivity contribution in [1.82, 2.24) is 5.43 Å². The Morgan fingerprint density at radius 1 is 1.30 bits per heavy atom. The molecule has 4 atom stereocenters. The molecule has 1 heterocycles. The molecule has 0 aromatic rings. The van der Waals surface area contributed by atoms with Crippen molar-refractivity contribution in [2.24, 2.45) is 11.8 Å². The molecule has 6 heteroatoms. The van der Waals surface area contributed by atoms with E-state index in [1.807, 2.05) is 0 Å². The molecule has 5 nitrogen and oxygen atoms in total. The van der Waals surface area contributed by atoms with E-state index in [4.69, 9.17) is 10.6 Å². The van der Waals surface area contributed by atoms with Crippen LogP contribution in [0.2, 0.25) is 0 Å². The Bertz CT molecular complexity index is 418. The molecule has 3 N–H and O–H groups in total. The zero-order chi connectivity index (χ0) is 14.8. The number of nitrogens with one attached hydrogen (secondary N) is 1. The molecule has 0 aromatic heterocycles. The fourth-order valence-corrected chi connectivity index (χ4v) is 5.08. The van der Waals surface area contributed by atoms with Crippen molar-refractivity contribution in [3.8, 4) is 0 Å². The molecule has 1 aliphatic carbocycles. The maximum atomic E-state index is 11.8. The van der Waals surface area contributed by atoms with E-state index in [1.54, 1.807) is 0 Å². The minimum atomic E-state index is -2.96. The largest absolute Gasteiger partial charge is 0.374 e. The predicted molar refractivity (Wildman–Crippen MR) is 79.9 cm³/mol. The fraction of sp³-hybridized carbons (Fsp3) is 1.00. The van der Waals surface area contributed by atoms with Crippen molar-refractivity contribution in [1.29, 1.82) is 0 Å². The first-order valence-electron chi connectivity index (χ1n) is 7.66. The summed E-state index contributed by atoms with van der Waals surface area (Å²) in [6.07, 6.45) is 8.05. The Hall–Kier alpha value is -0.170. The average Bonchev–Trinajstić information content (AvgIpc) is 2.39. The Balaban J connectivity index is 2.10. The first kappa shape index (κ1) is 16.2. The summed E-state index contributed by atoms with van der Waals surface area (Å²) in [6.45, 7) is 2.89. The lowest BCUT2D eigenvalue weighted by molar-refractivity contribution is -0.103. The number of ether oxygens (including phenoxy) is 1. The summed E-state index contributed by atoms with van der Waals surface area (Å²) in [4.78, 5) is 0. The zero-order valence-electron chi connectivity index (χ0n) is 12.6. The van der Waals surface area contributed by atoms with Gasteiger partial charge in [0.2, 0.25) is 0 Å². The number of hydrogen-bond acceptors (Lipinski definition) is 5. The van der Waals surface area contributed by atoms with E-state index >= 15 is 0 Å². The van der Waals surface area contributed by atoms with Crippen LogP contribution in [0.5, 0.6) is 0 Å². The van der Waals surface area contributed by atoms with Gasteiger partial charge in [0, 0.05) is 12.9 Å². The van der Waals surface area contributed by atoms with Gasteiger partial charge >= 0.3 is 0 Å². The van der Waals surface area contributed by atoms with Crippen LogP contribution in [-0.2, 0) is 14.6 Å². The number of sulfone groups is 1. The van der Waals surface area contributed by atoms with Crippen LogP contribution in [0.1, 0.15) is 51.9 Å². The van der Waals surface area contributed by atoms with Crippen LogP contribution in [-0.4, -0.2) is 38.2 Å². The van der Waals surface area contributed by atoms with E-state index in [1.165, 1.54) is 6.26 Å². The summed E-state index contributed by atoms with van der Waals surface area (Å²) in [5.74, 6) is 6.07. The molecule has 2 fully saturated rings. The van der Waals surface area contributed by atoms with E-state index in [9.17, 15) is 8.42 Å². The van der Waals surface area contributed by atoms with Crippen molar-refractivity contribution in [2.75, 3.05) is 12.9 Å². The molecular weight excluding hydrogens is 276 g/mol. The van der Waals surface area contributed by atoms with E-state index in [-0.39, 0.29) is 22.8 Å². The molecule has 2 rings (SSSR count). The van der Waals surface area contributed by atoms with Crippen LogP contribution in [0.15, 0.2) is 0 Å². The van der Waals surface area contributed by atoms with Gasteiger partial charge in [0.05, 0.1) is 16.9 Å². The third kappa shape index (κ3) is 3.53. The van der Waals surface area contributed by atoms with Gasteiger partial charge in [-0.3, -0.25) is 11.3 Å². The van der Waals surface area contributed by atoms with Crippen molar-refractivity contribution < 1.29 is 13.2 Å². The fourth-order valence-electron chi connectivity index (χ4n) is 3.88. The summed E-state index contributed by atoms with van der Waals surface area (Å²) in [5.41, 5.74) is 2.67. The average molecular weight is 304 g/mol. The van der Waals surface area contributed by atoms with E-state index in [2.05, 4.69) is 12.3 Å². The molecule has 20 heavy (non-hydrogen) atoms. The van der Waals surface area contributed by atoms with Gasteiger partial charge in [-0.05, 0) is 51.4 Å². The predicted octanol–water partition coefficient (Wildman–Crippen LogP) is 1.38. The van der Waals surface area contributed by atoms with E-state index in [0.29, 0.717) is 6.42 Å². The molecule has 1 aliphatic heterocycles. The summed E-state index contributed by atoms with van der Waals surface area (Å²) < 4.78 is 29.6. The Labute approximate surface area is 122 Å². The third-order valence-electron chi connectivity index (χ3n) is 5.08. The van der Waals surface area contributed by atoms with Crippen LogP contribution >= 0.6 is 0 Å². The van der Waals surface area contributed by atoms with Gasteiger partial charge in [0.1, 0.15) is 9.84 Å². The van der Waals surface area contributed by atoms with Gasteiger partial charge < -0.3 is 4.74 Å². The van der Waals surface area contributed by atoms with Crippen molar-refractivity contribution in [2.45, 2.75) is 68.8 Å². The van der Waals surface area contributed by atoms with Crippen LogP contribution in [0, 0.1) is 5.92 Å². The van der Waals surface area contributed by atoms with Crippen LogP contribution in [0.25, 0.3) is 0 Å². The SMILES string of the molecule is CC1(C(NN)C2CCCC(S(C)(=O)=O)C2)CCCCO1. The Kier molecular flexibility index (Phi) is 5.10. The second kappa shape index (κ2) is 6.30. The van der Waals surface area contributed by atoms with Gasteiger partial charge in [0.25, 0.3) is 0 Å². The number of rotatable bonds is 4. The van der Waals surface area contributed by atoms with Crippen LogP contribution in [0.3, 0.4) is 0 Å². The normalized spacial score (nSPS) is 37.5. The number of nitrogens with two attached hydrogens (primary N) is 1. The number of hydrazine groups is 1. The first-order valence-corrected chi connectivity index (χ1v) is 9.61. The van der Waals surface area contributed by atoms with E-state index in [0.717, 1.165) is 45.1 Å². The lowest BCUT2D eigenvalue weighted by Crippen LogP contribution is -2.59. The molecule has 0 radical (unpaired) electrons. The quantitative estimate of drug-likeness (QED) is 0.606. The Morgan fingerprint density at radius 3 is 2.60 bits per heavy atom. The lowest BCUT2D eigenvalue weighted by Gasteiger charge is -2.45. The maximum absolute atomic E-state index is 11.8. The Morgan fingerprint density at radius 2 is 2.05 bits per heavy atom. The summed E-state index contributed by atoms with van der Waals surface area (Å²) >= 11 is 0. The van der Waals surface area contributed by atoms with E-state index < -0.39 is 9.84 Å².